The Bertz CT molecular complexity index is 394. The molecule has 0 saturated carbocycles. The van der Waals surface area contributed by atoms with Crippen molar-refractivity contribution in [2.45, 2.75) is 12.6 Å². The highest BCUT2D eigenvalue weighted by molar-refractivity contribution is 7.70. The number of nitrogens with zero attached hydrogens (tertiary/aromatic N) is 1. The van der Waals surface area contributed by atoms with Gasteiger partial charge in [-0.3, -0.25) is 19.1 Å². The summed E-state index contributed by atoms with van der Waals surface area (Å²) in [7, 11) is -7.77. The van der Waals surface area contributed by atoms with Gasteiger partial charge in [0.2, 0.25) is 0 Å². The van der Waals surface area contributed by atoms with Crippen LogP contribution in [0, 0.1) is 5.41 Å². The average Bonchev–Trinajstić information content (AvgIpc) is 2.11. The molecule has 2 atom stereocenters. The van der Waals surface area contributed by atoms with Crippen LogP contribution in [0.3, 0.4) is 0 Å². The Balaban J connectivity index is 5.02. The van der Waals surface area contributed by atoms with Crippen LogP contribution in [0.1, 0.15) is 6.92 Å². The number of likely N-dealkylation sites (N-methyl/N-ethyl adjacent to an activating group) is 1. The van der Waals surface area contributed by atoms with Gasteiger partial charge in [0.25, 0.3) is 0 Å². The summed E-state index contributed by atoms with van der Waals surface area (Å²) in [5.41, 5.74) is -1.50. The van der Waals surface area contributed by atoms with Crippen LogP contribution in [0.5, 0.6) is 0 Å². The summed E-state index contributed by atoms with van der Waals surface area (Å²) >= 11 is 0. The van der Waals surface area contributed by atoms with Gasteiger partial charge >= 0.3 is 15.2 Å². The molecular formula is C7H16N2O6P2. The molecule has 10 heteroatoms. The van der Waals surface area contributed by atoms with E-state index in [-0.39, 0.29) is 0 Å². The molecule has 17 heavy (non-hydrogen) atoms. The van der Waals surface area contributed by atoms with E-state index in [0.29, 0.717) is 0 Å². The molecule has 0 fully saturated rings. The predicted molar refractivity (Wildman–Crippen MR) is 63.0 cm³/mol. The van der Waals surface area contributed by atoms with Gasteiger partial charge in [0.15, 0.2) is 11.6 Å². The Morgan fingerprint density at radius 2 is 1.94 bits per heavy atom. The summed E-state index contributed by atoms with van der Waals surface area (Å²) in [6, 6.07) is 0. The van der Waals surface area contributed by atoms with Gasteiger partial charge in [0.1, 0.15) is 0 Å². The second-order valence-electron chi connectivity index (χ2n) is 3.53. The summed E-state index contributed by atoms with van der Waals surface area (Å²) in [6.07, 6.45) is 1.99. The molecule has 0 aliphatic carbocycles. The van der Waals surface area contributed by atoms with Crippen molar-refractivity contribution in [2.24, 2.45) is 0 Å². The van der Waals surface area contributed by atoms with Crippen molar-refractivity contribution in [3.63, 3.8) is 0 Å². The van der Waals surface area contributed by atoms with Crippen molar-refractivity contribution in [3.05, 3.63) is 12.7 Å². The number of rotatable bonds is 7. The minimum Gasteiger partial charge on any atom is -0.335 e. The third kappa shape index (κ3) is 5.59. The SMILES string of the molecule is C=CC(C)(OP(=O)(O)CP(=O)(O)O)N(C)C=N. The standard InChI is InChI=1S/C7H16N2O6P2/c1-4-7(2,9(3)5-8)15-17(13,14)6-16(10,11)12/h4-5,8H,1,6H2,2-3H3,(H,13,14)(H2,10,11,12). The second-order valence-corrected chi connectivity index (χ2v) is 7.45. The van der Waals surface area contributed by atoms with E-state index in [2.05, 4.69) is 6.58 Å². The van der Waals surface area contributed by atoms with E-state index in [4.69, 9.17) is 19.7 Å². The molecule has 100 valence electrons. The van der Waals surface area contributed by atoms with E-state index in [1.807, 2.05) is 0 Å². The maximum atomic E-state index is 11.5. The Labute approximate surface area is 99.1 Å². The maximum Gasteiger partial charge on any atom is 0.342 e. The molecule has 0 aliphatic heterocycles. The summed E-state index contributed by atoms with van der Waals surface area (Å²) in [5.74, 6) is -1.28. The monoisotopic (exact) mass is 286 g/mol. The largest absolute Gasteiger partial charge is 0.342 e. The van der Waals surface area contributed by atoms with E-state index < -0.39 is 26.8 Å². The number of hydrogen-bond acceptors (Lipinski definition) is 4. The van der Waals surface area contributed by atoms with Crippen molar-refractivity contribution in [1.29, 1.82) is 5.41 Å². The first-order valence-electron chi connectivity index (χ1n) is 4.40. The zero-order valence-corrected chi connectivity index (χ0v) is 11.3. The highest BCUT2D eigenvalue weighted by atomic mass is 31.2. The molecule has 0 aromatic carbocycles. The Morgan fingerprint density at radius 3 is 2.24 bits per heavy atom. The summed E-state index contributed by atoms with van der Waals surface area (Å²) in [5, 5.41) is 7.00. The van der Waals surface area contributed by atoms with Gasteiger partial charge in [0, 0.05) is 7.05 Å². The minimum atomic E-state index is -4.67. The van der Waals surface area contributed by atoms with E-state index in [1.54, 1.807) is 0 Å². The zero-order valence-electron chi connectivity index (χ0n) is 9.48. The topological polar surface area (TPSA) is 131 Å². The third-order valence-corrected chi connectivity index (χ3v) is 5.52. The maximum absolute atomic E-state index is 11.5. The lowest BCUT2D eigenvalue weighted by Gasteiger charge is -2.35. The quantitative estimate of drug-likeness (QED) is 0.179. The fraction of sp³-hybridized carbons (Fsp3) is 0.571. The highest BCUT2D eigenvalue weighted by Gasteiger charge is 2.39. The summed E-state index contributed by atoms with van der Waals surface area (Å²) < 4.78 is 27.0. The van der Waals surface area contributed by atoms with Gasteiger partial charge in [-0.15, -0.1) is 0 Å². The lowest BCUT2D eigenvalue weighted by Crippen LogP contribution is -2.42. The zero-order chi connectivity index (χ0) is 13.9. The first kappa shape index (κ1) is 16.5. The molecule has 0 radical (unpaired) electrons. The molecule has 0 rings (SSSR count). The van der Waals surface area contributed by atoms with Crippen molar-refractivity contribution < 1.29 is 28.3 Å². The lowest BCUT2D eigenvalue weighted by molar-refractivity contribution is 0.0263. The van der Waals surface area contributed by atoms with Crippen LogP contribution in [-0.2, 0) is 13.7 Å². The summed E-state index contributed by atoms with van der Waals surface area (Å²) in [4.78, 5) is 27.7. The molecule has 2 unspecified atom stereocenters. The molecule has 0 amide bonds. The van der Waals surface area contributed by atoms with Crippen LogP contribution < -0.4 is 0 Å². The van der Waals surface area contributed by atoms with E-state index >= 15 is 0 Å². The van der Waals surface area contributed by atoms with Crippen molar-refractivity contribution in [2.75, 3.05) is 13.0 Å². The molecule has 0 saturated heterocycles. The molecule has 0 aromatic rings. The minimum absolute atomic E-state index is 0.833. The molecule has 8 nitrogen and oxygen atoms in total. The van der Waals surface area contributed by atoms with Gasteiger partial charge in [-0.05, 0) is 13.0 Å². The van der Waals surface area contributed by atoms with Crippen LogP contribution in [0.4, 0.5) is 0 Å². The molecule has 4 N–H and O–H groups in total. The predicted octanol–water partition coefficient (Wildman–Crippen LogP) is 0.765. The number of hydrogen-bond donors (Lipinski definition) is 4. The van der Waals surface area contributed by atoms with Crippen LogP contribution in [0.15, 0.2) is 12.7 Å². The van der Waals surface area contributed by atoms with Crippen LogP contribution in [0.2, 0.25) is 0 Å². The lowest BCUT2D eigenvalue weighted by atomic mass is 10.2. The van der Waals surface area contributed by atoms with Crippen LogP contribution in [-0.4, -0.2) is 44.6 Å². The first-order chi connectivity index (χ1) is 7.46. The fourth-order valence-corrected chi connectivity index (χ4v) is 3.80. The van der Waals surface area contributed by atoms with Crippen molar-refractivity contribution >= 4 is 21.5 Å². The molecule has 0 aromatic heterocycles. The highest BCUT2D eigenvalue weighted by Crippen LogP contribution is 2.57. The van der Waals surface area contributed by atoms with Crippen LogP contribution >= 0.6 is 15.2 Å². The smallest absolute Gasteiger partial charge is 0.335 e. The molecule has 0 spiro atoms. The Kier molecular flexibility index (Phi) is 5.28. The van der Waals surface area contributed by atoms with Crippen LogP contribution in [0.25, 0.3) is 0 Å². The van der Waals surface area contributed by atoms with Gasteiger partial charge in [-0.1, -0.05) is 6.58 Å². The molecular weight excluding hydrogens is 270 g/mol. The van der Waals surface area contributed by atoms with Gasteiger partial charge in [-0.2, -0.15) is 0 Å². The third-order valence-electron chi connectivity index (χ3n) is 1.96. The molecule has 0 aliphatic rings. The Hall–Kier alpha value is -0.490. The summed E-state index contributed by atoms with van der Waals surface area (Å²) in [6.45, 7) is 4.73. The molecule has 0 heterocycles. The molecule has 0 bridgehead atoms. The van der Waals surface area contributed by atoms with Gasteiger partial charge < -0.3 is 19.6 Å². The fourth-order valence-electron chi connectivity index (χ4n) is 0.924. The van der Waals surface area contributed by atoms with Gasteiger partial charge in [-0.25, -0.2) is 0 Å². The van der Waals surface area contributed by atoms with Crippen molar-refractivity contribution in [3.8, 4) is 0 Å². The average molecular weight is 286 g/mol. The van der Waals surface area contributed by atoms with Gasteiger partial charge in [0.05, 0.1) is 6.34 Å². The second kappa shape index (κ2) is 5.44. The van der Waals surface area contributed by atoms with Crippen molar-refractivity contribution in [1.82, 2.24) is 4.90 Å². The number of nitrogens with one attached hydrogen (secondary N) is 1. The first-order valence-corrected chi connectivity index (χ1v) is 7.96. The van der Waals surface area contributed by atoms with E-state index in [9.17, 15) is 14.0 Å². The van der Waals surface area contributed by atoms with E-state index in [0.717, 1.165) is 17.3 Å². The normalized spacial score (nSPS) is 18.9. The Morgan fingerprint density at radius 1 is 1.47 bits per heavy atom. The van der Waals surface area contributed by atoms with E-state index in [1.165, 1.54) is 14.0 Å².